The van der Waals surface area contributed by atoms with Gasteiger partial charge in [-0.25, -0.2) is 4.79 Å². The molecule has 0 atom stereocenters. The van der Waals surface area contributed by atoms with Crippen molar-refractivity contribution in [2.75, 3.05) is 6.61 Å². The summed E-state index contributed by atoms with van der Waals surface area (Å²) in [5.74, 6) is -0.225. The van der Waals surface area contributed by atoms with Gasteiger partial charge in [0, 0.05) is 29.4 Å². The zero-order chi connectivity index (χ0) is 22.0. The van der Waals surface area contributed by atoms with E-state index >= 15 is 0 Å². The van der Waals surface area contributed by atoms with Gasteiger partial charge in [0.1, 0.15) is 17.9 Å². The van der Waals surface area contributed by atoms with Gasteiger partial charge in [-0.05, 0) is 38.1 Å². The predicted molar refractivity (Wildman–Crippen MR) is 116 cm³/mol. The highest BCUT2D eigenvalue weighted by molar-refractivity contribution is 6.01. The largest absolute Gasteiger partial charge is 0.489 e. The Morgan fingerprint density at radius 2 is 1.71 bits per heavy atom. The summed E-state index contributed by atoms with van der Waals surface area (Å²) in [7, 11) is 1.89. The summed E-state index contributed by atoms with van der Waals surface area (Å²) < 4.78 is 18.9. The van der Waals surface area contributed by atoms with Gasteiger partial charge in [0.15, 0.2) is 6.61 Å². The molecule has 0 N–H and O–H groups in total. The lowest BCUT2D eigenvalue weighted by molar-refractivity contribution is 0.0442. The van der Waals surface area contributed by atoms with E-state index in [9.17, 15) is 9.59 Å². The number of carbonyl (C=O) groups excluding carboxylic acids is 2. The first-order chi connectivity index (χ1) is 15.0. The molecule has 0 fully saturated rings. The fourth-order valence-electron chi connectivity index (χ4n) is 3.49. The number of aryl methyl sites for hydroxylation is 1. The molecule has 2 heterocycles. The van der Waals surface area contributed by atoms with Crippen molar-refractivity contribution in [3.05, 3.63) is 88.9 Å². The molecule has 0 aliphatic carbocycles. The number of benzene rings is 2. The highest BCUT2D eigenvalue weighted by atomic mass is 16.5. The number of rotatable bonds is 7. The van der Waals surface area contributed by atoms with Crippen molar-refractivity contribution in [1.29, 1.82) is 0 Å². The number of para-hydroxylation sites is 2. The van der Waals surface area contributed by atoms with Crippen LogP contribution < -0.4 is 4.74 Å². The standard InChI is InChI=1S/C25H23NO5/c1-16-13-20(17(2)26(16)3)22(27)15-30-25(28)24-21(14-29-18-9-5-4-6-10-18)19-11-7-8-12-23(19)31-24/h4-13H,14-15H2,1-3H3. The molecule has 0 aliphatic rings. The maximum Gasteiger partial charge on any atom is 0.375 e. The molecule has 158 valence electrons. The van der Waals surface area contributed by atoms with Crippen LogP contribution in [0.15, 0.2) is 65.1 Å². The van der Waals surface area contributed by atoms with Crippen molar-refractivity contribution in [2.45, 2.75) is 20.5 Å². The van der Waals surface area contributed by atoms with Gasteiger partial charge in [-0.2, -0.15) is 0 Å². The molecular formula is C25H23NO5. The molecule has 4 aromatic rings. The summed E-state index contributed by atoms with van der Waals surface area (Å²) in [6.45, 7) is 3.55. The molecule has 2 aromatic heterocycles. The Bertz CT molecular complexity index is 1250. The van der Waals surface area contributed by atoms with Gasteiger partial charge in [-0.15, -0.1) is 0 Å². The molecule has 2 aromatic carbocycles. The maximum atomic E-state index is 12.8. The van der Waals surface area contributed by atoms with Crippen LogP contribution in [0, 0.1) is 13.8 Å². The number of Topliss-reactive ketones (excluding diaryl/α,β-unsaturated/α-hetero) is 1. The Morgan fingerprint density at radius 3 is 2.42 bits per heavy atom. The first-order valence-electron chi connectivity index (χ1n) is 9.97. The van der Waals surface area contributed by atoms with Crippen molar-refractivity contribution >= 4 is 22.7 Å². The Hall–Kier alpha value is -3.80. The third kappa shape index (κ3) is 4.10. The van der Waals surface area contributed by atoms with Crippen LogP contribution >= 0.6 is 0 Å². The molecule has 4 rings (SSSR count). The summed E-state index contributed by atoms with van der Waals surface area (Å²) in [6.07, 6.45) is 0. The highest BCUT2D eigenvalue weighted by Crippen LogP contribution is 2.28. The number of nitrogens with zero attached hydrogens (tertiary/aromatic N) is 1. The molecule has 0 saturated heterocycles. The second kappa shape index (κ2) is 8.52. The van der Waals surface area contributed by atoms with Crippen molar-refractivity contribution in [3.8, 4) is 5.75 Å². The smallest absolute Gasteiger partial charge is 0.375 e. The molecule has 0 amide bonds. The minimum absolute atomic E-state index is 0.0471. The molecule has 6 heteroatoms. The molecule has 0 unspecified atom stereocenters. The average Bonchev–Trinajstić information content (AvgIpc) is 3.29. The van der Waals surface area contributed by atoms with Gasteiger partial charge in [0.2, 0.25) is 11.5 Å². The lowest BCUT2D eigenvalue weighted by atomic mass is 10.1. The van der Waals surface area contributed by atoms with Crippen molar-refractivity contribution in [3.63, 3.8) is 0 Å². The number of hydrogen-bond donors (Lipinski definition) is 0. The minimum Gasteiger partial charge on any atom is -0.489 e. The van der Waals surface area contributed by atoms with E-state index in [0.29, 0.717) is 22.5 Å². The molecule has 0 spiro atoms. The van der Waals surface area contributed by atoms with Crippen molar-refractivity contribution in [1.82, 2.24) is 4.57 Å². The summed E-state index contributed by atoms with van der Waals surface area (Å²) in [5.41, 5.74) is 3.49. The minimum atomic E-state index is -0.693. The molecule has 31 heavy (non-hydrogen) atoms. The highest BCUT2D eigenvalue weighted by Gasteiger charge is 2.24. The summed E-state index contributed by atoms with van der Waals surface area (Å²) in [4.78, 5) is 25.4. The van der Waals surface area contributed by atoms with Gasteiger partial charge in [0.25, 0.3) is 0 Å². The van der Waals surface area contributed by atoms with Crippen LogP contribution in [0.1, 0.15) is 37.9 Å². The number of aromatic nitrogens is 1. The lowest BCUT2D eigenvalue weighted by Gasteiger charge is -2.07. The van der Waals surface area contributed by atoms with Gasteiger partial charge in [0.05, 0.1) is 5.56 Å². The van der Waals surface area contributed by atoms with Gasteiger partial charge < -0.3 is 18.5 Å². The van der Waals surface area contributed by atoms with E-state index in [0.717, 1.165) is 16.8 Å². The van der Waals surface area contributed by atoms with E-state index in [1.807, 2.05) is 74.0 Å². The van der Waals surface area contributed by atoms with Gasteiger partial charge in [-0.3, -0.25) is 4.79 Å². The van der Waals surface area contributed by atoms with Crippen LogP contribution in [0.3, 0.4) is 0 Å². The third-order valence-electron chi connectivity index (χ3n) is 5.42. The third-order valence-corrected chi connectivity index (χ3v) is 5.42. The van der Waals surface area contributed by atoms with E-state index in [1.165, 1.54) is 0 Å². The molecular weight excluding hydrogens is 394 g/mol. The Balaban J connectivity index is 1.54. The quantitative estimate of drug-likeness (QED) is 0.312. The van der Waals surface area contributed by atoms with Crippen LogP contribution in [0.5, 0.6) is 5.75 Å². The van der Waals surface area contributed by atoms with E-state index in [4.69, 9.17) is 13.9 Å². The Morgan fingerprint density at radius 1 is 1.00 bits per heavy atom. The first-order valence-corrected chi connectivity index (χ1v) is 9.97. The Labute approximate surface area is 180 Å². The summed E-state index contributed by atoms with van der Waals surface area (Å²) >= 11 is 0. The first kappa shape index (κ1) is 20.5. The van der Waals surface area contributed by atoms with E-state index in [-0.39, 0.29) is 24.8 Å². The zero-order valence-corrected chi connectivity index (χ0v) is 17.7. The monoisotopic (exact) mass is 417 g/mol. The number of ether oxygens (including phenoxy) is 2. The number of hydrogen-bond acceptors (Lipinski definition) is 5. The van der Waals surface area contributed by atoms with Crippen LogP contribution in [0.2, 0.25) is 0 Å². The summed E-state index contributed by atoms with van der Waals surface area (Å²) in [6, 6.07) is 18.4. The van der Waals surface area contributed by atoms with Gasteiger partial charge in [-0.1, -0.05) is 36.4 Å². The van der Waals surface area contributed by atoms with Crippen LogP contribution in [-0.2, 0) is 18.4 Å². The predicted octanol–water partition coefficient (Wildman–Crippen LogP) is 5.01. The second-order valence-electron chi connectivity index (χ2n) is 7.35. The normalized spacial score (nSPS) is 10.9. The average molecular weight is 417 g/mol. The molecule has 0 aliphatic heterocycles. The lowest BCUT2D eigenvalue weighted by Crippen LogP contribution is -2.16. The molecule has 6 nitrogen and oxygen atoms in total. The topological polar surface area (TPSA) is 70.7 Å². The van der Waals surface area contributed by atoms with Crippen molar-refractivity contribution < 1.29 is 23.5 Å². The zero-order valence-electron chi connectivity index (χ0n) is 17.7. The van der Waals surface area contributed by atoms with Crippen LogP contribution in [0.25, 0.3) is 11.0 Å². The van der Waals surface area contributed by atoms with Crippen LogP contribution in [0.4, 0.5) is 0 Å². The number of fused-ring (bicyclic) bond motifs is 1. The second-order valence-corrected chi connectivity index (χ2v) is 7.35. The van der Waals surface area contributed by atoms with Crippen LogP contribution in [-0.4, -0.2) is 22.9 Å². The maximum absolute atomic E-state index is 12.8. The number of carbonyl (C=O) groups is 2. The SMILES string of the molecule is Cc1cc(C(=O)COC(=O)c2oc3ccccc3c2COc2ccccc2)c(C)n1C. The number of ketones is 1. The Kier molecular flexibility index (Phi) is 5.62. The van der Waals surface area contributed by atoms with E-state index in [2.05, 4.69) is 0 Å². The van der Waals surface area contributed by atoms with Crippen molar-refractivity contribution in [2.24, 2.45) is 7.05 Å². The fraction of sp³-hybridized carbons (Fsp3) is 0.200. The number of furan rings is 1. The molecule has 0 radical (unpaired) electrons. The molecule has 0 saturated carbocycles. The van der Waals surface area contributed by atoms with E-state index < -0.39 is 5.97 Å². The molecule has 0 bridgehead atoms. The van der Waals surface area contributed by atoms with E-state index in [1.54, 1.807) is 12.1 Å². The number of esters is 1. The van der Waals surface area contributed by atoms with Gasteiger partial charge >= 0.3 is 5.97 Å². The fourth-order valence-corrected chi connectivity index (χ4v) is 3.49. The summed E-state index contributed by atoms with van der Waals surface area (Å²) in [5, 5.41) is 0.770.